The summed E-state index contributed by atoms with van der Waals surface area (Å²) in [6.07, 6.45) is 0.316. The molecule has 20 heavy (non-hydrogen) atoms. The molecule has 1 heterocycles. The maximum atomic E-state index is 11.9. The van der Waals surface area contributed by atoms with E-state index in [1.54, 1.807) is 42.5 Å². The molecule has 0 bridgehead atoms. The van der Waals surface area contributed by atoms with Crippen molar-refractivity contribution < 1.29 is 9.53 Å². The van der Waals surface area contributed by atoms with Crippen molar-refractivity contribution in [1.29, 1.82) is 0 Å². The van der Waals surface area contributed by atoms with E-state index in [0.29, 0.717) is 17.3 Å². The average molecular weight is 310 g/mol. The van der Waals surface area contributed by atoms with Gasteiger partial charge in [-0.2, -0.15) is 0 Å². The molecule has 1 atom stereocenters. The number of nitrogens with one attached hydrogen (secondary N) is 1. The first-order valence-electron chi connectivity index (χ1n) is 6.37. The Kier molecular flexibility index (Phi) is 5.44. The molecule has 1 aromatic heterocycles. The summed E-state index contributed by atoms with van der Waals surface area (Å²) >= 11 is 7.49. The average Bonchev–Trinajstić information content (AvgIpc) is 2.94. The number of halogens is 1. The largest absolute Gasteiger partial charge is 0.481 e. The molecule has 0 fully saturated rings. The summed E-state index contributed by atoms with van der Waals surface area (Å²) < 4.78 is 5.55. The van der Waals surface area contributed by atoms with Crippen LogP contribution in [-0.4, -0.2) is 18.6 Å². The Morgan fingerprint density at radius 1 is 1.35 bits per heavy atom. The maximum Gasteiger partial charge on any atom is 0.260 e. The summed E-state index contributed by atoms with van der Waals surface area (Å²) in [6.45, 7) is 2.35. The predicted molar refractivity (Wildman–Crippen MR) is 82.6 cm³/mol. The van der Waals surface area contributed by atoms with Gasteiger partial charge in [0, 0.05) is 16.4 Å². The van der Waals surface area contributed by atoms with Crippen molar-refractivity contribution in [2.24, 2.45) is 0 Å². The van der Waals surface area contributed by atoms with Gasteiger partial charge in [0.2, 0.25) is 0 Å². The molecule has 0 saturated carbocycles. The third kappa shape index (κ3) is 4.54. The smallest absolute Gasteiger partial charge is 0.260 e. The molecule has 0 spiro atoms. The van der Waals surface area contributed by atoms with E-state index in [4.69, 9.17) is 16.3 Å². The fourth-order valence-electron chi connectivity index (χ4n) is 1.68. The van der Waals surface area contributed by atoms with E-state index in [2.05, 4.69) is 11.4 Å². The van der Waals surface area contributed by atoms with Gasteiger partial charge in [-0.05, 0) is 49.1 Å². The summed E-state index contributed by atoms with van der Waals surface area (Å²) in [4.78, 5) is 13.1. The topological polar surface area (TPSA) is 38.3 Å². The normalized spacial score (nSPS) is 11.9. The highest BCUT2D eigenvalue weighted by Crippen LogP contribution is 2.16. The number of rotatable bonds is 6. The van der Waals surface area contributed by atoms with Gasteiger partial charge in [-0.15, -0.1) is 11.3 Å². The Bertz CT molecular complexity index is 540. The first kappa shape index (κ1) is 14.9. The van der Waals surface area contributed by atoms with Crippen molar-refractivity contribution in [3.05, 3.63) is 51.7 Å². The van der Waals surface area contributed by atoms with Crippen molar-refractivity contribution in [2.75, 3.05) is 6.54 Å². The van der Waals surface area contributed by atoms with Gasteiger partial charge in [-0.1, -0.05) is 17.7 Å². The Balaban J connectivity index is 1.75. The van der Waals surface area contributed by atoms with Crippen LogP contribution in [0.25, 0.3) is 0 Å². The molecule has 0 saturated heterocycles. The first-order valence-corrected chi connectivity index (χ1v) is 7.63. The molecule has 1 N–H and O–H groups in total. The lowest BCUT2D eigenvalue weighted by Crippen LogP contribution is -2.37. The van der Waals surface area contributed by atoms with Crippen LogP contribution in [0.5, 0.6) is 5.75 Å². The molecule has 2 rings (SSSR count). The lowest BCUT2D eigenvalue weighted by Gasteiger charge is -2.14. The molecule has 0 aliphatic rings. The van der Waals surface area contributed by atoms with E-state index < -0.39 is 6.10 Å². The van der Waals surface area contributed by atoms with E-state index >= 15 is 0 Å². The van der Waals surface area contributed by atoms with Crippen molar-refractivity contribution in [3.8, 4) is 5.75 Å². The molecule has 0 aliphatic carbocycles. The van der Waals surface area contributed by atoms with E-state index in [9.17, 15) is 4.79 Å². The number of hydrogen-bond acceptors (Lipinski definition) is 3. The van der Waals surface area contributed by atoms with Crippen molar-refractivity contribution in [1.82, 2.24) is 5.32 Å². The molecule has 1 unspecified atom stereocenters. The zero-order valence-corrected chi connectivity index (χ0v) is 12.7. The van der Waals surface area contributed by atoms with Gasteiger partial charge in [0.15, 0.2) is 6.10 Å². The maximum absolute atomic E-state index is 11.9. The summed E-state index contributed by atoms with van der Waals surface area (Å²) in [7, 11) is 0. The zero-order chi connectivity index (χ0) is 14.4. The Labute approximate surface area is 127 Å². The van der Waals surface area contributed by atoms with Crippen LogP contribution in [0.2, 0.25) is 5.02 Å². The van der Waals surface area contributed by atoms with Gasteiger partial charge in [0.05, 0.1) is 0 Å². The van der Waals surface area contributed by atoms with Crippen LogP contribution in [0.1, 0.15) is 11.8 Å². The zero-order valence-electron chi connectivity index (χ0n) is 11.1. The highest BCUT2D eigenvalue weighted by molar-refractivity contribution is 7.09. The molecule has 1 amide bonds. The summed E-state index contributed by atoms with van der Waals surface area (Å²) in [5, 5.41) is 5.54. The first-order chi connectivity index (χ1) is 9.65. The van der Waals surface area contributed by atoms with Crippen LogP contribution >= 0.6 is 22.9 Å². The lowest BCUT2D eigenvalue weighted by molar-refractivity contribution is -0.127. The second-order valence-corrected chi connectivity index (χ2v) is 5.80. The van der Waals surface area contributed by atoms with E-state index in [1.165, 1.54) is 4.88 Å². The summed E-state index contributed by atoms with van der Waals surface area (Å²) in [6, 6.07) is 11.0. The minimum Gasteiger partial charge on any atom is -0.481 e. The Hall–Kier alpha value is -1.52. The number of amides is 1. The second kappa shape index (κ2) is 7.31. The van der Waals surface area contributed by atoms with Crippen molar-refractivity contribution in [2.45, 2.75) is 19.4 Å². The van der Waals surface area contributed by atoms with E-state index in [1.807, 2.05) is 11.4 Å². The SMILES string of the molecule is CC(Oc1ccc(Cl)cc1)C(=O)NCCc1cccs1. The van der Waals surface area contributed by atoms with Crippen LogP contribution in [0.3, 0.4) is 0 Å². The van der Waals surface area contributed by atoms with Crippen LogP contribution in [0, 0.1) is 0 Å². The number of thiophene rings is 1. The molecule has 3 nitrogen and oxygen atoms in total. The standard InChI is InChI=1S/C15H16ClNO2S/c1-11(19-13-6-4-12(16)5-7-13)15(18)17-9-8-14-3-2-10-20-14/h2-7,10-11H,8-9H2,1H3,(H,17,18). The molecule has 0 aliphatic heterocycles. The molecular weight excluding hydrogens is 294 g/mol. The number of carbonyl (C=O) groups is 1. The minimum atomic E-state index is -0.528. The highest BCUT2D eigenvalue weighted by Gasteiger charge is 2.13. The molecule has 106 valence electrons. The fourth-order valence-corrected chi connectivity index (χ4v) is 2.51. The van der Waals surface area contributed by atoms with Crippen LogP contribution in [0.15, 0.2) is 41.8 Å². The second-order valence-electron chi connectivity index (χ2n) is 4.33. The van der Waals surface area contributed by atoms with Crippen LogP contribution < -0.4 is 10.1 Å². The number of ether oxygens (including phenoxy) is 1. The third-order valence-electron chi connectivity index (χ3n) is 2.75. The predicted octanol–water partition coefficient (Wildman–Crippen LogP) is 3.53. The van der Waals surface area contributed by atoms with Crippen molar-refractivity contribution >= 4 is 28.8 Å². The third-order valence-corrected chi connectivity index (χ3v) is 3.93. The van der Waals surface area contributed by atoms with Gasteiger partial charge >= 0.3 is 0 Å². The van der Waals surface area contributed by atoms with Gasteiger partial charge in [0.25, 0.3) is 5.91 Å². The van der Waals surface area contributed by atoms with Crippen LogP contribution in [-0.2, 0) is 11.2 Å². The number of hydrogen-bond donors (Lipinski definition) is 1. The lowest BCUT2D eigenvalue weighted by atomic mass is 10.3. The summed E-state index contributed by atoms with van der Waals surface area (Å²) in [5.41, 5.74) is 0. The molecule has 5 heteroatoms. The van der Waals surface area contributed by atoms with E-state index in [0.717, 1.165) is 6.42 Å². The molecule has 1 aromatic carbocycles. The monoisotopic (exact) mass is 309 g/mol. The van der Waals surface area contributed by atoms with Gasteiger partial charge < -0.3 is 10.1 Å². The molecule has 0 radical (unpaired) electrons. The fraction of sp³-hybridized carbons (Fsp3) is 0.267. The quantitative estimate of drug-likeness (QED) is 0.886. The Morgan fingerprint density at radius 3 is 2.75 bits per heavy atom. The summed E-state index contributed by atoms with van der Waals surface area (Å²) in [5.74, 6) is 0.520. The minimum absolute atomic E-state index is 0.114. The van der Waals surface area contributed by atoms with Gasteiger partial charge in [-0.25, -0.2) is 0 Å². The Morgan fingerprint density at radius 2 is 2.10 bits per heavy atom. The van der Waals surface area contributed by atoms with Crippen LogP contribution in [0.4, 0.5) is 0 Å². The number of benzene rings is 1. The van der Waals surface area contributed by atoms with Gasteiger partial charge in [0.1, 0.15) is 5.75 Å². The van der Waals surface area contributed by atoms with Crippen molar-refractivity contribution in [3.63, 3.8) is 0 Å². The highest BCUT2D eigenvalue weighted by atomic mass is 35.5. The van der Waals surface area contributed by atoms with E-state index in [-0.39, 0.29) is 5.91 Å². The van der Waals surface area contributed by atoms with Gasteiger partial charge in [-0.3, -0.25) is 4.79 Å². The number of carbonyl (C=O) groups excluding carboxylic acids is 1. The molecular formula is C15H16ClNO2S. The molecule has 2 aromatic rings.